The van der Waals surface area contributed by atoms with Crippen LogP contribution in [-0.2, 0) is 4.79 Å². The SMILES string of the molecule is CCCNC(=O)NC(=O)CN=[N+]=[N-]. The lowest BCUT2D eigenvalue weighted by molar-refractivity contribution is -0.118. The van der Waals surface area contributed by atoms with Gasteiger partial charge in [-0.1, -0.05) is 12.0 Å². The van der Waals surface area contributed by atoms with Gasteiger partial charge in [-0.05, 0) is 12.0 Å². The number of nitrogens with zero attached hydrogens (tertiary/aromatic N) is 3. The molecule has 0 aromatic carbocycles. The van der Waals surface area contributed by atoms with Gasteiger partial charge >= 0.3 is 6.03 Å². The van der Waals surface area contributed by atoms with E-state index in [0.29, 0.717) is 6.54 Å². The first kappa shape index (κ1) is 11.2. The molecule has 0 aliphatic carbocycles. The van der Waals surface area contributed by atoms with Crippen molar-refractivity contribution in [1.82, 2.24) is 10.6 Å². The van der Waals surface area contributed by atoms with Crippen LogP contribution in [0.25, 0.3) is 10.4 Å². The van der Waals surface area contributed by atoms with Crippen LogP contribution in [0.3, 0.4) is 0 Å². The second kappa shape index (κ2) is 6.93. The lowest BCUT2D eigenvalue weighted by Crippen LogP contribution is -2.40. The zero-order chi connectivity index (χ0) is 10.1. The highest BCUT2D eigenvalue weighted by atomic mass is 16.2. The Bertz CT molecular complexity index is 233. The first-order valence-corrected chi connectivity index (χ1v) is 3.79. The maximum atomic E-state index is 10.8. The number of azide groups is 1. The molecule has 0 unspecified atom stereocenters. The van der Waals surface area contributed by atoms with Crippen molar-refractivity contribution in [2.24, 2.45) is 5.11 Å². The first-order chi connectivity index (χ1) is 6.20. The van der Waals surface area contributed by atoms with Gasteiger partial charge in [-0.2, -0.15) is 0 Å². The fraction of sp³-hybridized carbons (Fsp3) is 0.667. The fourth-order valence-corrected chi connectivity index (χ4v) is 0.545. The summed E-state index contributed by atoms with van der Waals surface area (Å²) in [5.41, 5.74) is 7.87. The maximum Gasteiger partial charge on any atom is 0.321 e. The summed E-state index contributed by atoms with van der Waals surface area (Å²) in [7, 11) is 0. The molecule has 3 amide bonds. The van der Waals surface area contributed by atoms with Crippen LogP contribution in [0.4, 0.5) is 4.79 Å². The summed E-state index contributed by atoms with van der Waals surface area (Å²) >= 11 is 0. The van der Waals surface area contributed by atoms with Gasteiger partial charge in [0.2, 0.25) is 5.91 Å². The van der Waals surface area contributed by atoms with E-state index in [2.05, 4.69) is 15.3 Å². The van der Waals surface area contributed by atoms with Crippen LogP contribution in [0.15, 0.2) is 5.11 Å². The van der Waals surface area contributed by atoms with Gasteiger partial charge in [0.15, 0.2) is 0 Å². The van der Waals surface area contributed by atoms with E-state index in [1.54, 1.807) is 0 Å². The second-order valence-corrected chi connectivity index (χ2v) is 2.19. The monoisotopic (exact) mass is 185 g/mol. The molecule has 0 aliphatic heterocycles. The van der Waals surface area contributed by atoms with Crippen molar-refractivity contribution in [2.75, 3.05) is 13.1 Å². The molecule has 13 heavy (non-hydrogen) atoms. The van der Waals surface area contributed by atoms with Gasteiger partial charge in [-0.15, -0.1) is 0 Å². The lowest BCUT2D eigenvalue weighted by atomic mass is 10.5. The summed E-state index contributed by atoms with van der Waals surface area (Å²) in [4.78, 5) is 23.9. The Balaban J connectivity index is 3.65. The summed E-state index contributed by atoms with van der Waals surface area (Å²) < 4.78 is 0. The lowest BCUT2D eigenvalue weighted by Gasteiger charge is -2.02. The topological polar surface area (TPSA) is 107 Å². The van der Waals surface area contributed by atoms with Crippen LogP contribution >= 0.6 is 0 Å². The molecule has 0 rings (SSSR count). The number of urea groups is 1. The number of hydrogen-bond acceptors (Lipinski definition) is 3. The minimum Gasteiger partial charge on any atom is -0.338 e. The Morgan fingerprint density at radius 1 is 1.54 bits per heavy atom. The summed E-state index contributed by atoms with van der Waals surface area (Å²) in [5.74, 6) is -0.619. The predicted molar refractivity (Wildman–Crippen MR) is 45.8 cm³/mol. The predicted octanol–water partition coefficient (Wildman–Crippen LogP) is 0.532. The minimum absolute atomic E-state index is 0.365. The molecule has 2 N–H and O–H groups in total. The van der Waals surface area contributed by atoms with E-state index in [1.165, 1.54) is 0 Å². The molecule has 0 fully saturated rings. The third-order valence-corrected chi connectivity index (χ3v) is 1.07. The Labute approximate surface area is 75.1 Å². The molecule has 7 nitrogen and oxygen atoms in total. The quantitative estimate of drug-likeness (QED) is 0.378. The smallest absolute Gasteiger partial charge is 0.321 e. The largest absolute Gasteiger partial charge is 0.338 e. The molecule has 0 spiro atoms. The fourth-order valence-electron chi connectivity index (χ4n) is 0.545. The van der Waals surface area contributed by atoms with Crippen molar-refractivity contribution in [1.29, 1.82) is 0 Å². The number of carbonyl (C=O) groups is 2. The summed E-state index contributed by atoms with van der Waals surface area (Å²) in [6.07, 6.45) is 0.790. The van der Waals surface area contributed by atoms with Crippen LogP contribution in [0.5, 0.6) is 0 Å². The third kappa shape index (κ3) is 6.64. The van der Waals surface area contributed by atoms with Crippen LogP contribution < -0.4 is 10.6 Å². The van der Waals surface area contributed by atoms with Gasteiger partial charge in [0.05, 0.1) is 0 Å². The highest BCUT2D eigenvalue weighted by Gasteiger charge is 2.04. The zero-order valence-corrected chi connectivity index (χ0v) is 7.28. The van der Waals surface area contributed by atoms with E-state index in [4.69, 9.17) is 5.53 Å². The van der Waals surface area contributed by atoms with Crippen LogP contribution in [0.1, 0.15) is 13.3 Å². The molecule has 7 heteroatoms. The van der Waals surface area contributed by atoms with Gasteiger partial charge < -0.3 is 5.32 Å². The van der Waals surface area contributed by atoms with Crippen molar-refractivity contribution in [2.45, 2.75) is 13.3 Å². The van der Waals surface area contributed by atoms with Crippen molar-refractivity contribution < 1.29 is 9.59 Å². The molecule has 72 valence electrons. The van der Waals surface area contributed by atoms with Crippen LogP contribution in [-0.4, -0.2) is 25.0 Å². The number of nitrogens with one attached hydrogen (secondary N) is 2. The number of amides is 3. The van der Waals surface area contributed by atoms with E-state index in [-0.39, 0.29) is 6.54 Å². The Kier molecular flexibility index (Phi) is 6.00. The highest BCUT2D eigenvalue weighted by Crippen LogP contribution is 1.74. The average molecular weight is 185 g/mol. The van der Waals surface area contributed by atoms with Gasteiger partial charge in [0, 0.05) is 11.5 Å². The molecular formula is C6H11N5O2. The standard InChI is InChI=1S/C6H11N5O2/c1-2-3-8-6(13)10-5(12)4-9-11-7/h2-4H2,1H3,(H2,8,10,12,13). The number of rotatable bonds is 4. The van der Waals surface area contributed by atoms with Crippen molar-refractivity contribution in [3.8, 4) is 0 Å². The normalized spacial score (nSPS) is 8.38. The Morgan fingerprint density at radius 2 is 2.23 bits per heavy atom. The molecule has 0 aromatic rings. The molecule has 0 heterocycles. The van der Waals surface area contributed by atoms with Gasteiger partial charge in [0.25, 0.3) is 0 Å². The van der Waals surface area contributed by atoms with E-state index in [9.17, 15) is 9.59 Å². The molecule has 0 aliphatic rings. The van der Waals surface area contributed by atoms with Gasteiger partial charge in [-0.25, -0.2) is 4.79 Å². The van der Waals surface area contributed by atoms with E-state index in [0.717, 1.165) is 6.42 Å². The maximum absolute atomic E-state index is 10.8. The van der Waals surface area contributed by atoms with Gasteiger partial charge in [-0.3, -0.25) is 10.1 Å². The van der Waals surface area contributed by atoms with E-state index >= 15 is 0 Å². The summed E-state index contributed by atoms with van der Waals surface area (Å²) in [6.45, 7) is 2.03. The molecule has 0 saturated heterocycles. The van der Waals surface area contributed by atoms with E-state index in [1.807, 2.05) is 12.2 Å². The minimum atomic E-state index is -0.619. The van der Waals surface area contributed by atoms with Crippen molar-refractivity contribution in [3.63, 3.8) is 0 Å². The number of imide groups is 1. The molecule has 0 radical (unpaired) electrons. The number of carbonyl (C=O) groups excluding carboxylic acids is 2. The van der Waals surface area contributed by atoms with Crippen molar-refractivity contribution >= 4 is 11.9 Å². The van der Waals surface area contributed by atoms with E-state index < -0.39 is 11.9 Å². The molecule has 0 saturated carbocycles. The summed E-state index contributed by atoms with van der Waals surface area (Å²) in [5, 5.41) is 7.42. The summed E-state index contributed by atoms with van der Waals surface area (Å²) in [6, 6.07) is -0.569. The highest BCUT2D eigenvalue weighted by molar-refractivity contribution is 5.95. The molecule has 0 bridgehead atoms. The van der Waals surface area contributed by atoms with Gasteiger partial charge in [0.1, 0.15) is 6.54 Å². The first-order valence-electron chi connectivity index (χ1n) is 3.79. The van der Waals surface area contributed by atoms with Crippen LogP contribution in [0.2, 0.25) is 0 Å². The second-order valence-electron chi connectivity index (χ2n) is 2.19. The molecule has 0 atom stereocenters. The van der Waals surface area contributed by atoms with Crippen LogP contribution in [0, 0.1) is 0 Å². The molecular weight excluding hydrogens is 174 g/mol. The zero-order valence-electron chi connectivity index (χ0n) is 7.28. The van der Waals surface area contributed by atoms with Crippen molar-refractivity contribution in [3.05, 3.63) is 10.4 Å². The number of hydrogen-bond donors (Lipinski definition) is 2. The Morgan fingerprint density at radius 3 is 2.77 bits per heavy atom. The third-order valence-electron chi connectivity index (χ3n) is 1.07. The average Bonchev–Trinajstić information content (AvgIpc) is 2.11. The Hall–Kier alpha value is -1.75. The molecule has 0 aromatic heterocycles.